The van der Waals surface area contributed by atoms with Gasteiger partial charge in [0.25, 0.3) is 0 Å². The van der Waals surface area contributed by atoms with E-state index >= 15 is 0 Å². The van der Waals surface area contributed by atoms with Crippen molar-refractivity contribution in [3.63, 3.8) is 0 Å². The van der Waals surface area contributed by atoms with E-state index in [2.05, 4.69) is 61.5 Å². The average molecular weight is 185 g/mol. The number of fused-ring (bicyclic) bond motifs is 1. The summed E-state index contributed by atoms with van der Waals surface area (Å²) < 4.78 is 0. The highest BCUT2D eigenvalue weighted by atomic mass is 15.0. The first kappa shape index (κ1) is 9.22. The van der Waals surface area contributed by atoms with Gasteiger partial charge in [0.15, 0.2) is 0 Å². The van der Waals surface area contributed by atoms with E-state index in [-0.39, 0.29) is 0 Å². The Hall–Kier alpha value is -1.34. The first-order chi connectivity index (χ1) is 6.77. The van der Waals surface area contributed by atoms with Crippen LogP contribution in [0.2, 0.25) is 0 Å². The molecule has 0 spiro atoms. The summed E-state index contributed by atoms with van der Waals surface area (Å²) in [5.74, 6) is 0. The van der Waals surface area contributed by atoms with Gasteiger partial charge in [-0.05, 0) is 30.8 Å². The summed E-state index contributed by atoms with van der Waals surface area (Å²) in [5, 5.41) is 0. The first-order valence-electron chi connectivity index (χ1n) is 4.90. The van der Waals surface area contributed by atoms with Gasteiger partial charge in [0.05, 0.1) is 0 Å². The van der Waals surface area contributed by atoms with E-state index in [1.165, 1.54) is 16.7 Å². The van der Waals surface area contributed by atoms with E-state index in [1.807, 2.05) is 0 Å². The van der Waals surface area contributed by atoms with Crippen molar-refractivity contribution in [3.8, 4) is 0 Å². The predicted molar refractivity (Wildman–Crippen MR) is 62.0 cm³/mol. The highest BCUT2D eigenvalue weighted by molar-refractivity contribution is 5.89. The Balaban J connectivity index is 2.26. The number of hydrogen-bond donors (Lipinski definition) is 0. The molecular weight excluding hydrogens is 170 g/mol. The molecule has 0 heterocycles. The monoisotopic (exact) mass is 185 g/mol. The third kappa shape index (κ3) is 1.78. The Kier molecular flexibility index (Phi) is 2.51. The molecule has 1 aliphatic rings. The van der Waals surface area contributed by atoms with Crippen LogP contribution < -0.4 is 0 Å². The quantitative estimate of drug-likeness (QED) is 0.684. The van der Waals surface area contributed by atoms with Crippen molar-refractivity contribution in [2.75, 3.05) is 20.6 Å². The maximum Gasteiger partial charge on any atom is 0.0166 e. The van der Waals surface area contributed by atoms with Gasteiger partial charge in [-0.1, -0.05) is 42.5 Å². The fraction of sp³-hybridized carbons (Fsp3) is 0.231. The van der Waals surface area contributed by atoms with Crippen molar-refractivity contribution in [3.05, 3.63) is 47.5 Å². The molecule has 0 unspecified atom stereocenters. The number of nitrogens with zero attached hydrogens (tertiary/aromatic N) is 1. The minimum atomic E-state index is 0.994. The van der Waals surface area contributed by atoms with Gasteiger partial charge >= 0.3 is 0 Å². The molecule has 14 heavy (non-hydrogen) atoms. The van der Waals surface area contributed by atoms with Crippen LogP contribution in [0.3, 0.4) is 0 Å². The van der Waals surface area contributed by atoms with Gasteiger partial charge in [-0.2, -0.15) is 0 Å². The van der Waals surface area contributed by atoms with Crippen LogP contribution in [-0.4, -0.2) is 25.5 Å². The van der Waals surface area contributed by atoms with Crippen LogP contribution in [0.4, 0.5) is 0 Å². The smallest absolute Gasteiger partial charge is 0.0166 e. The summed E-state index contributed by atoms with van der Waals surface area (Å²) in [5.41, 5.74) is 4.03. The van der Waals surface area contributed by atoms with Crippen molar-refractivity contribution in [1.82, 2.24) is 4.90 Å². The number of rotatable bonds is 2. The van der Waals surface area contributed by atoms with Crippen LogP contribution in [-0.2, 0) is 0 Å². The summed E-state index contributed by atoms with van der Waals surface area (Å²) >= 11 is 0. The maximum atomic E-state index is 2.27. The molecule has 0 saturated carbocycles. The summed E-state index contributed by atoms with van der Waals surface area (Å²) in [6.07, 6.45) is 6.63. The molecule has 1 aromatic rings. The Labute approximate surface area is 85.4 Å². The Bertz CT molecular complexity index is 386. The lowest BCUT2D eigenvalue weighted by Gasteiger charge is -2.06. The van der Waals surface area contributed by atoms with Crippen LogP contribution >= 0.6 is 0 Å². The van der Waals surface area contributed by atoms with Gasteiger partial charge in [0.2, 0.25) is 0 Å². The molecule has 0 atom stereocenters. The van der Waals surface area contributed by atoms with Crippen molar-refractivity contribution in [2.45, 2.75) is 0 Å². The molecule has 1 aliphatic carbocycles. The molecule has 72 valence electrons. The zero-order valence-electron chi connectivity index (χ0n) is 8.70. The molecule has 0 amide bonds. The molecule has 0 aliphatic heterocycles. The van der Waals surface area contributed by atoms with Crippen molar-refractivity contribution in [1.29, 1.82) is 0 Å². The third-order valence-corrected chi connectivity index (χ3v) is 2.39. The van der Waals surface area contributed by atoms with Gasteiger partial charge in [0.1, 0.15) is 0 Å². The molecule has 0 radical (unpaired) electrons. The zero-order valence-corrected chi connectivity index (χ0v) is 8.70. The maximum absolute atomic E-state index is 2.27. The fourth-order valence-electron chi connectivity index (χ4n) is 1.63. The molecule has 0 N–H and O–H groups in total. The first-order valence-corrected chi connectivity index (χ1v) is 4.90. The highest BCUT2D eigenvalue weighted by Gasteiger charge is 2.08. The van der Waals surface area contributed by atoms with E-state index in [0.717, 1.165) is 6.54 Å². The average Bonchev–Trinajstić information content (AvgIpc) is 2.58. The molecule has 1 nitrogen and oxygen atoms in total. The lowest BCUT2D eigenvalue weighted by atomic mass is 10.1. The number of allylic oxidation sites excluding steroid dienone is 2. The molecule has 0 bridgehead atoms. The molecule has 2 rings (SSSR count). The standard InChI is InChI=1S/C13H15N/c1-14(2)10-9-12-8-7-11-5-3-4-6-13(11)12/h3-9H,10H2,1-2H3/b12-9+. The van der Waals surface area contributed by atoms with E-state index in [9.17, 15) is 0 Å². The third-order valence-electron chi connectivity index (χ3n) is 2.39. The largest absolute Gasteiger partial charge is 0.306 e. The van der Waals surface area contributed by atoms with E-state index in [1.54, 1.807) is 0 Å². The lowest BCUT2D eigenvalue weighted by molar-refractivity contribution is 0.457. The van der Waals surface area contributed by atoms with Gasteiger partial charge in [-0.25, -0.2) is 0 Å². The highest BCUT2D eigenvalue weighted by Crippen LogP contribution is 2.28. The SMILES string of the molecule is CN(C)C/C=C1\C=Cc2ccccc21. The predicted octanol–water partition coefficient (Wildman–Crippen LogP) is 2.66. The van der Waals surface area contributed by atoms with E-state index in [0.29, 0.717) is 0 Å². The summed E-state index contributed by atoms with van der Waals surface area (Å²) in [6, 6.07) is 8.51. The van der Waals surface area contributed by atoms with E-state index < -0.39 is 0 Å². The topological polar surface area (TPSA) is 3.24 Å². The normalized spacial score (nSPS) is 16.6. The molecule has 0 aromatic heterocycles. The fourth-order valence-corrected chi connectivity index (χ4v) is 1.63. The van der Waals surface area contributed by atoms with Crippen LogP contribution in [0.25, 0.3) is 11.6 Å². The van der Waals surface area contributed by atoms with Crippen LogP contribution in [0.5, 0.6) is 0 Å². The second-order valence-electron chi connectivity index (χ2n) is 3.84. The number of benzene rings is 1. The Morgan fingerprint density at radius 3 is 2.71 bits per heavy atom. The van der Waals surface area contributed by atoms with Gasteiger partial charge in [0, 0.05) is 6.54 Å². The van der Waals surface area contributed by atoms with Crippen molar-refractivity contribution < 1.29 is 0 Å². The minimum Gasteiger partial charge on any atom is -0.306 e. The summed E-state index contributed by atoms with van der Waals surface area (Å²) in [4.78, 5) is 2.17. The Morgan fingerprint density at radius 1 is 1.14 bits per heavy atom. The van der Waals surface area contributed by atoms with Crippen molar-refractivity contribution in [2.24, 2.45) is 0 Å². The zero-order chi connectivity index (χ0) is 9.97. The summed E-state index contributed by atoms with van der Waals surface area (Å²) in [6.45, 7) is 0.994. The second-order valence-corrected chi connectivity index (χ2v) is 3.84. The van der Waals surface area contributed by atoms with Gasteiger partial charge in [-0.15, -0.1) is 0 Å². The summed E-state index contributed by atoms with van der Waals surface area (Å²) in [7, 11) is 4.17. The van der Waals surface area contributed by atoms with E-state index in [4.69, 9.17) is 0 Å². The molecule has 0 fully saturated rings. The molecule has 0 saturated heterocycles. The molecular formula is C13H15N. The van der Waals surface area contributed by atoms with Crippen LogP contribution in [0.15, 0.2) is 36.4 Å². The van der Waals surface area contributed by atoms with Crippen LogP contribution in [0.1, 0.15) is 11.1 Å². The van der Waals surface area contributed by atoms with Gasteiger partial charge < -0.3 is 4.90 Å². The lowest BCUT2D eigenvalue weighted by Crippen LogP contribution is -2.10. The minimum absolute atomic E-state index is 0.994. The van der Waals surface area contributed by atoms with Crippen molar-refractivity contribution >= 4 is 11.6 Å². The number of likely N-dealkylation sites (N-methyl/N-ethyl adjacent to an activating group) is 1. The number of hydrogen-bond acceptors (Lipinski definition) is 1. The second kappa shape index (κ2) is 3.81. The molecule has 1 aromatic carbocycles. The van der Waals surface area contributed by atoms with Gasteiger partial charge in [-0.3, -0.25) is 0 Å². The van der Waals surface area contributed by atoms with Crippen LogP contribution in [0, 0.1) is 0 Å². The Morgan fingerprint density at radius 2 is 1.93 bits per heavy atom. The molecule has 1 heteroatoms.